The van der Waals surface area contributed by atoms with Gasteiger partial charge >= 0.3 is 0 Å². The molecule has 0 spiro atoms. The number of nitrogens with one attached hydrogen (secondary N) is 1. The van der Waals surface area contributed by atoms with E-state index in [0.29, 0.717) is 5.56 Å². The summed E-state index contributed by atoms with van der Waals surface area (Å²) in [5.74, 6) is 5.73. The number of carbonyl (C=O) groups is 1. The smallest absolute Gasteiger partial charge is 0.265 e. The fraction of sp³-hybridized carbons (Fsp3) is 0.417. The average Bonchev–Trinajstić information content (AvgIpc) is 2.25. The predicted molar refractivity (Wildman–Crippen MR) is 69.1 cm³/mol. The standard InChI is InChI=1S/C12H18N2OS/c1-12(2,3)16-8-9-6-4-5-7-10(9)11(15)14-13/h4-7H,8,13H2,1-3H3,(H,14,15). The second-order valence-corrected chi connectivity index (χ2v) is 6.33. The Morgan fingerprint density at radius 1 is 1.38 bits per heavy atom. The van der Waals surface area contributed by atoms with Gasteiger partial charge in [0.05, 0.1) is 0 Å². The van der Waals surface area contributed by atoms with Crippen molar-refractivity contribution in [3.05, 3.63) is 35.4 Å². The summed E-state index contributed by atoms with van der Waals surface area (Å²) < 4.78 is 0.187. The van der Waals surface area contributed by atoms with Crippen LogP contribution in [-0.2, 0) is 5.75 Å². The maximum Gasteiger partial charge on any atom is 0.265 e. The van der Waals surface area contributed by atoms with Crippen LogP contribution in [0.2, 0.25) is 0 Å². The first kappa shape index (κ1) is 13.1. The number of carbonyl (C=O) groups excluding carboxylic acids is 1. The molecule has 0 aliphatic carbocycles. The quantitative estimate of drug-likeness (QED) is 0.483. The number of amides is 1. The molecule has 0 heterocycles. The van der Waals surface area contributed by atoms with E-state index in [-0.39, 0.29) is 10.7 Å². The van der Waals surface area contributed by atoms with Gasteiger partial charge in [0.1, 0.15) is 0 Å². The minimum atomic E-state index is -0.231. The molecule has 0 fully saturated rings. The van der Waals surface area contributed by atoms with Gasteiger partial charge in [-0.1, -0.05) is 39.0 Å². The number of rotatable bonds is 3. The Kier molecular flexibility index (Phi) is 4.38. The molecule has 0 aliphatic rings. The van der Waals surface area contributed by atoms with Crippen molar-refractivity contribution in [1.82, 2.24) is 5.43 Å². The Morgan fingerprint density at radius 3 is 2.56 bits per heavy atom. The SMILES string of the molecule is CC(C)(C)SCc1ccccc1C(=O)NN. The van der Waals surface area contributed by atoms with Crippen LogP contribution in [0, 0.1) is 0 Å². The van der Waals surface area contributed by atoms with Gasteiger partial charge in [-0.05, 0) is 11.6 Å². The van der Waals surface area contributed by atoms with Gasteiger partial charge in [0.2, 0.25) is 0 Å². The number of nitrogen functional groups attached to an aromatic ring is 1. The van der Waals surface area contributed by atoms with Gasteiger partial charge in [-0.15, -0.1) is 0 Å². The van der Waals surface area contributed by atoms with Crippen molar-refractivity contribution in [3.63, 3.8) is 0 Å². The summed E-state index contributed by atoms with van der Waals surface area (Å²) in [7, 11) is 0. The van der Waals surface area contributed by atoms with Crippen molar-refractivity contribution >= 4 is 17.7 Å². The first-order valence-electron chi connectivity index (χ1n) is 5.17. The molecule has 0 aromatic heterocycles. The fourth-order valence-electron chi connectivity index (χ4n) is 1.24. The minimum absolute atomic E-state index is 0.187. The zero-order valence-corrected chi connectivity index (χ0v) is 10.7. The van der Waals surface area contributed by atoms with E-state index in [1.807, 2.05) is 30.0 Å². The number of nitrogens with two attached hydrogens (primary N) is 1. The zero-order chi connectivity index (χ0) is 12.2. The molecule has 1 aromatic carbocycles. The molecular weight excluding hydrogens is 220 g/mol. The van der Waals surface area contributed by atoms with Crippen LogP contribution in [0.1, 0.15) is 36.7 Å². The highest BCUT2D eigenvalue weighted by molar-refractivity contribution is 7.99. The fourth-order valence-corrected chi connectivity index (χ4v) is 2.08. The molecule has 88 valence electrons. The van der Waals surface area contributed by atoms with E-state index in [0.717, 1.165) is 11.3 Å². The molecule has 0 atom stereocenters. The van der Waals surface area contributed by atoms with E-state index in [1.54, 1.807) is 6.07 Å². The highest BCUT2D eigenvalue weighted by Crippen LogP contribution is 2.28. The minimum Gasteiger partial charge on any atom is -0.290 e. The lowest BCUT2D eigenvalue weighted by molar-refractivity contribution is 0.0953. The highest BCUT2D eigenvalue weighted by Gasteiger charge is 2.14. The van der Waals surface area contributed by atoms with Gasteiger partial charge in [0, 0.05) is 16.1 Å². The van der Waals surface area contributed by atoms with Gasteiger partial charge in [-0.2, -0.15) is 11.8 Å². The Bertz CT molecular complexity index is 372. The predicted octanol–water partition coefficient (Wildman–Crippen LogP) is 2.32. The second-order valence-electron chi connectivity index (χ2n) is 4.53. The Hall–Kier alpha value is -1.00. The lowest BCUT2D eigenvalue weighted by atomic mass is 10.1. The van der Waals surface area contributed by atoms with Crippen LogP contribution in [0.15, 0.2) is 24.3 Å². The van der Waals surface area contributed by atoms with Crippen molar-refractivity contribution in [3.8, 4) is 0 Å². The third-order valence-electron chi connectivity index (χ3n) is 2.05. The molecule has 0 saturated carbocycles. The molecular formula is C12H18N2OS. The van der Waals surface area contributed by atoms with Crippen LogP contribution in [0.5, 0.6) is 0 Å². The Labute approximate surface area is 101 Å². The summed E-state index contributed by atoms with van der Waals surface area (Å²) >= 11 is 1.81. The molecule has 1 amide bonds. The van der Waals surface area contributed by atoms with Crippen molar-refractivity contribution in [2.75, 3.05) is 0 Å². The molecule has 0 aliphatic heterocycles. The Morgan fingerprint density at radius 2 is 2.00 bits per heavy atom. The number of hydrogen-bond donors (Lipinski definition) is 2. The first-order chi connectivity index (χ1) is 7.44. The zero-order valence-electron chi connectivity index (χ0n) is 9.91. The van der Waals surface area contributed by atoms with Crippen LogP contribution in [0.25, 0.3) is 0 Å². The maximum atomic E-state index is 11.5. The van der Waals surface area contributed by atoms with E-state index in [1.165, 1.54) is 0 Å². The molecule has 0 unspecified atom stereocenters. The number of thioether (sulfide) groups is 1. The molecule has 3 N–H and O–H groups in total. The van der Waals surface area contributed by atoms with E-state index in [2.05, 4.69) is 26.2 Å². The molecule has 16 heavy (non-hydrogen) atoms. The summed E-state index contributed by atoms with van der Waals surface area (Å²) in [6.07, 6.45) is 0. The van der Waals surface area contributed by atoms with Crippen molar-refractivity contribution in [2.45, 2.75) is 31.3 Å². The van der Waals surface area contributed by atoms with Crippen LogP contribution in [0.3, 0.4) is 0 Å². The average molecular weight is 238 g/mol. The van der Waals surface area contributed by atoms with Crippen LogP contribution in [0.4, 0.5) is 0 Å². The molecule has 1 aromatic rings. The lowest BCUT2D eigenvalue weighted by Gasteiger charge is -2.18. The summed E-state index contributed by atoms with van der Waals surface area (Å²) in [4.78, 5) is 11.5. The van der Waals surface area contributed by atoms with Gasteiger partial charge < -0.3 is 0 Å². The molecule has 4 heteroatoms. The van der Waals surface area contributed by atoms with Gasteiger partial charge in [-0.25, -0.2) is 5.84 Å². The maximum absolute atomic E-state index is 11.5. The summed E-state index contributed by atoms with van der Waals surface area (Å²) in [5.41, 5.74) is 3.84. The number of hydrogen-bond acceptors (Lipinski definition) is 3. The van der Waals surface area contributed by atoms with E-state index in [4.69, 9.17) is 5.84 Å². The van der Waals surface area contributed by atoms with Crippen LogP contribution >= 0.6 is 11.8 Å². The van der Waals surface area contributed by atoms with Gasteiger partial charge in [-0.3, -0.25) is 10.2 Å². The van der Waals surface area contributed by atoms with Gasteiger partial charge in [0.25, 0.3) is 5.91 Å². The van der Waals surface area contributed by atoms with Crippen molar-refractivity contribution < 1.29 is 4.79 Å². The summed E-state index contributed by atoms with van der Waals surface area (Å²) in [6, 6.07) is 7.53. The molecule has 0 saturated heterocycles. The summed E-state index contributed by atoms with van der Waals surface area (Å²) in [6.45, 7) is 6.47. The molecule has 0 radical (unpaired) electrons. The molecule has 1 rings (SSSR count). The van der Waals surface area contributed by atoms with Crippen molar-refractivity contribution in [1.29, 1.82) is 0 Å². The van der Waals surface area contributed by atoms with Gasteiger partial charge in [0.15, 0.2) is 0 Å². The second kappa shape index (κ2) is 5.37. The van der Waals surface area contributed by atoms with Crippen molar-refractivity contribution in [2.24, 2.45) is 5.84 Å². The third-order valence-corrected chi connectivity index (χ3v) is 3.38. The van der Waals surface area contributed by atoms with Crippen LogP contribution < -0.4 is 11.3 Å². The van der Waals surface area contributed by atoms with Crippen LogP contribution in [-0.4, -0.2) is 10.7 Å². The monoisotopic (exact) mass is 238 g/mol. The summed E-state index contributed by atoms with van der Waals surface area (Å²) in [5, 5.41) is 0. The third kappa shape index (κ3) is 3.87. The lowest BCUT2D eigenvalue weighted by Crippen LogP contribution is -2.30. The van der Waals surface area contributed by atoms with E-state index >= 15 is 0 Å². The largest absolute Gasteiger partial charge is 0.290 e. The topological polar surface area (TPSA) is 55.1 Å². The highest BCUT2D eigenvalue weighted by atomic mass is 32.2. The molecule has 3 nitrogen and oxygen atoms in total. The number of hydrazine groups is 1. The first-order valence-corrected chi connectivity index (χ1v) is 6.15. The van der Waals surface area contributed by atoms with E-state index in [9.17, 15) is 4.79 Å². The molecule has 0 bridgehead atoms. The Balaban J connectivity index is 2.83. The normalized spacial score (nSPS) is 11.2. The van der Waals surface area contributed by atoms with E-state index < -0.39 is 0 Å². The number of benzene rings is 1.